The van der Waals surface area contributed by atoms with Crippen LogP contribution in [0, 0.1) is 6.92 Å². The minimum atomic E-state index is 0.0783. The van der Waals surface area contributed by atoms with E-state index in [0.29, 0.717) is 12.2 Å². The van der Waals surface area contributed by atoms with Gasteiger partial charge in [-0.05, 0) is 37.5 Å². The molecule has 1 aliphatic heterocycles. The maximum atomic E-state index is 12.7. The first-order valence-corrected chi connectivity index (χ1v) is 8.96. The Morgan fingerprint density at radius 3 is 2.65 bits per heavy atom. The van der Waals surface area contributed by atoms with Crippen molar-refractivity contribution in [3.8, 4) is 0 Å². The number of hydrogen-bond acceptors (Lipinski definition) is 3. The molecule has 2 aromatic carbocycles. The Kier molecular flexibility index (Phi) is 3.74. The van der Waals surface area contributed by atoms with Crippen LogP contribution >= 0.6 is 11.8 Å². The summed E-state index contributed by atoms with van der Waals surface area (Å²) in [5.74, 6) is 0.296. The molecule has 0 bridgehead atoms. The molecule has 2 nitrogen and oxygen atoms in total. The number of ketones is 1. The molecule has 0 saturated carbocycles. The number of para-hydroxylation sites is 1. The molecule has 2 aromatic rings. The van der Waals surface area contributed by atoms with Gasteiger partial charge in [0, 0.05) is 22.6 Å². The lowest BCUT2D eigenvalue weighted by molar-refractivity contribution is -0.116. The SMILES string of the molecule is Cc1ccc([C@H]2Sc3ccccc3NC3=C2C(=O)CCC3)cc1. The average Bonchev–Trinajstić information content (AvgIpc) is 2.73. The highest BCUT2D eigenvalue weighted by Crippen LogP contribution is 2.49. The topological polar surface area (TPSA) is 29.1 Å². The fourth-order valence-electron chi connectivity index (χ4n) is 3.29. The fraction of sp³-hybridized carbons (Fsp3) is 0.250. The number of aryl methyl sites for hydroxylation is 1. The first-order valence-electron chi connectivity index (χ1n) is 8.08. The molecule has 0 amide bonds. The van der Waals surface area contributed by atoms with Crippen LogP contribution in [0.3, 0.4) is 0 Å². The van der Waals surface area contributed by atoms with Crippen molar-refractivity contribution < 1.29 is 4.79 Å². The Morgan fingerprint density at radius 2 is 1.83 bits per heavy atom. The van der Waals surface area contributed by atoms with Crippen LogP contribution in [0.5, 0.6) is 0 Å². The van der Waals surface area contributed by atoms with Crippen LogP contribution in [-0.2, 0) is 4.79 Å². The molecular weight excluding hydrogens is 302 g/mol. The molecule has 0 unspecified atom stereocenters. The third-order valence-corrected chi connectivity index (χ3v) is 5.87. The summed E-state index contributed by atoms with van der Waals surface area (Å²) in [5, 5.41) is 3.62. The monoisotopic (exact) mass is 321 g/mol. The largest absolute Gasteiger partial charge is 0.358 e. The molecule has 0 spiro atoms. The second-order valence-electron chi connectivity index (χ2n) is 6.20. The molecule has 1 aliphatic carbocycles. The number of rotatable bonds is 1. The number of Topliss-reactive ketones (excluding diaryl/α,β-unsaturated/α-hetero) is 1. The van der Waals surface area contributed by atoms with Gasteiger partial charge in [0.1, 0.15) is 0 Å². The Labute approximate surface area is 141 Å². The summed E-state index contributed by atoms with van der Waals surface area (Å²) in [6, 6.07) is 16.9. The second-order valence-corrected chi connectivity index (χ2v) is 7.35. The van der Waals surface area contributed by atoms with Crippen LogP contribution in [-0.4, -0.2) is 5.78 Å². The third-order valence-electron chi connectivity index (χ3n) is 4.52. The van der Waals surface area contributed by atoms with E-state index in [1.165, 1.54) is 16.0 Å². The first-order chi connectivity index (χ1) is 11.2. The van der Waals surface area contributed by atoms with Crippen molar-refractivity contribution in [2.24, 2.45) is 0 Å². The Balaban J connectivity index is 1.86. The molecule has 0 aromatic heterocycles. The van der Waals surface area contributed by atoms with E-state index in [-0.39, 0.29) is 5.25 Å². The lowest BCUT2D eigenvalue weighted by Crippen LogP contribution is -2.19. The van der Waals surface area contributed by atoms with E-state index in [9.17, 15) is 4.79 Å². The van der Waals surface area contributed by atoms with Gasteiger partial charge in [-0.25, -0.2) is 0 Å². The van der Waals surface area contributed by atoms with Crippen LogP contribution in [0.1, 0.15) is 35.6 Å². The summed E-state index contributed by atoms with van der Waals surface area (Å²) in [5.41, 5.74) is 5.66. The third kappa shape index (κ3) is 2.70. The number of anilines is 1. The molecule has 4 rings (SSSR count). The molecule has 1 N–H and O–H groups in total. The molecular formula is C20H19NOS. The maximum Gasteiger partial charge on any atom is 0.162 e. The number of thioether (sulfide) groups is 1. The van der Waals surface area contributed by atoms with Crippen LogP contribution in [0.15, 0.2) is 64.7 Å². The van der Waals surface area contributed by atoms with Crippen molar-refractivity contribution in [2.75, 3.05) is 5.32 Å². The summed E-state index contributed by atoms with van der Waals surface area (Å²) in [6.07, 6.45) is 2.57. The van der Waals surface area contributed by atoms with E-state index in [4.69, 9.17) is 0 Å². The molecule has 23 heavy (non-hydrogen) atoms. The Hall–Kier alpha value is -2.00. The van der Waals surface area contributed by atoms with Gasteiger partial charge in [-0.3, -0.25) is 4.79 Å². The van der Waals surface area contributed by atoms with Crippen molar-refractivity contribution in [3.05, 3.63) is 70.9 Å². The number of carbonyl (C=O) groups is 1. The summed E-state index contributed by atoms with van der Waals surface area (Å²) in [4.78, 5) is 13.9. The van der Waals surface area contributed by atoms with Crippen LogP contribution in [0.25, 0.3) is 0 Å². The van der Waals surface area contributed by atoms with Gasteiger partial charge in [-0.2, -0.15) is 0 Å². The number of fused-ring (bicyclic) bond motifs is 1. The predicted molar refractivity (Wildman–Crippen MR) is 95.7 cm³/mol. The Morgan fingerprint density at radius 1 is 1.04 bits per heavy atom. The highest BCUT2D eigenvalue weighted by Gasteiger charge is 2.32. The normalized spacial score (nSPS) is 20.4. The minimum Gasteiger partial charge on any atom is -0.358 e. The zero-order valence-corrected chi connectivity index (χ0v) is 14.0. The zero-order valence-electron chi connectivity index (χ0n) is 13.1. The zero-order chi connectivity index (χ0) is 15.8. The standard InChI is InChI=1S/C20H19NOS/c1-13-9-11-14(12-10-13)20-19-16(6-4-7-17(19)22)21-15-5-2-3-8-18(15)23-20/h2-3,5,8-12,20-21H,4,6-7H2,1H3/t20-/m1/s1. The predicted octanol–water partition coefficient (Wildman–Crippen LogP) is 5.26. The molecule has 116 valence electrons. The van der Waals surface area contributed by atoms with Gasteiger partial charge in [-0.15, -0.1) is 11.8 Å². The van der Waals surface area contributed by atoms with Crippen molar-refractivity contribution >= 4 is 23.2 Å². The van der Waals surface area contributed by atoms with Gasteiger partial charge in [0.05, 0.1) is 10.9 Å². The molecule has 0 fully saturated rings. The van der Waals surface area contributed by atoms with Crippen LogP contribution in [0.2, 0.25) is 0 Å². The average molecular weight is 321 g/mol. The number of hydrogen-bond donors (Lipinski definition) is 1. The molecule has 2 aliphatic rings. The summed E-state index contributed by atoms with van der Waals surface area (Å²) >= 11 is 1.79. The second kappa shape index (κ2) is 5.89. The smallest absolute Gasteiger partial charge is 0.162 e. The van der Waals surface area contributed by atoms with Gasteiger partial charge in [0.15, 0.2) is 5.78 Å². The number of carbonyl (C=O) groups excluding carboxylic acids is 1. The van der Waals surface area contributed by atoms with Crippen molar-refractivity contribution in [2.45, 2.75) is 36.3 Å². The molecule has 0 radical (unpaired) electrons. The number of allylic oxidation sites excluding steroid dienone is 1. The Bertz CT molecular complexity index is 792. The minimum absolute atomic E-state index is 0.0783. The van der Waals surface area contributed by atoms with Gasteiger partial charge < -0.3 is 5.32 Å². The van der Waals surface area contributed by atoms with Gasteiger partial charge in [0.2, 0.25) is 0 Å². The van der Waals surface area contributed by atoms with E-state index in [1.54, 1.807) is 11.8 Å². The number of nitrogens with one attached hydrogen (secondary N) is 1. The lowest BCUT2D eigenvalue weighted by atomic mass is 9.89. The molecule has 1 heterocycles. The van der Waals surface area contributed by atoms with Crippen LogP contribution < -0.4 is 5.32 Å². The van der Waals surface area contributed by atoms with E-state index in [0.717, 1.165) is 29.8 Å². The highest BCUT2D eigenvalue weighted by molar-refractivity contribution is 8.00. The van der Waals surface area contributed by atoms with E-state index in [2.05, 4.69) is 54.7 Å². The highest BCUT2D eigenvalue weighted by atomic mass is 32.2. The molecule has 0 saturated heterocycles. The van der Waals surface area contributed by atoms with E-state index >= 15 is 0 Å². The van der Waals surface area contributed by atoms with Gasteiger partial charge in [-0.1, -0.05) is 42.0 Å². The van der Waals surface area contributed by atoms with Gasteiger partial charge in [0.25, 0.3) is 0 Å². The molecule has 1 atom stereocenters. The van der Waals surface area contributed by atoms with Gasteiger partial charge >= 0.3 is 0 Å². The maximum absolute atomic E-state index is 12.7. The van der Waals surface area contributed by atoms with Crippen LogP contribution in [0.4, 0.5) is 5.69 Å². The number of benzene rings is 2. The van der Waals surface area contributed by atoms with E-state index < -0.39 is 0 Å². The molecule has 3 heteroatoms. The van der Waals surface area contributed by atoms with Crippen molar-refractivity contribution in [3.63, 3.8) is 0 Å². The van der Waals surface area contributed by atoms with Crippen molar-refractivity contribution in [1.29, 1.82) is 0 Å². The van der Waals surface area contributed by atoms with Crippen molar-refractivity contribution in [1.82, 2.24) is 0 Å². The fourth-order valence-corrected chi connectivity index (χ4v) is 4.64. The summed E-state index contributed by atoms with van der Waals surface area (Å²) < 4.78 is 0. The van der Waals surface area contributed by atoms with E-state index in [1.807, 2.05) is 6.07 Å². The first kappa shape index (κ1) is 14.6. The quantitative estimate of drug-likeness (QED) is 0.776. The lowest BCUT2D eigenvalue weighted by Gasteiger charge is -2.24. The summed E-state index contributed by atoms with van der Waals surface area (Å²) in [6.45, 7) is 2.09. The summed E-state index contributed by atoms with van der Waals surface area (Å²) in [7, 11) is 0.